The Morgan fingerprint density at radius 3 is 1.24 bits per heavy atom. The van der Waals surface area contributed by atoms with Crippen molar-refractivity contribution in [2.75, 3.05) is 0 Å². The van der Waals surface area contributed by atoms with Gasteiger partial charge in [0.05, 0.1) is 44.5 Å². The number of fused-ring (bicyclic) bond motifs is 30. The summed E-state index contributed by atoms with van der Waals surface area (Å²) in [7, 11) is 0. The zero-order valence-electron chi connectivity index (χ0n) is 59.0. The number of aromatic nitrogens is 3. The molecule has 0 radical (unpaired) electrons. The quantitative estimate of drug-likeness (QED) is 0.167. The molecule has 0 N–H and O–H groups in total. The lowest BCUT2D eigenvalue weighted by Crippen LogP contribution is -2.18. The monoisotopic (exact) mass is 1400 g/mol. The van der Waals surface area contributed by atoms with Crippen molar-refractivity contribution in [2.45, 2.75) is 57.8 Å². The van der Waals surface area contributed by atoms with Crippen LogP contribution in [-0.2, 0) is 16.2 Å². The van der Waals surface area contributed by atoms with E-state index in [0.717, 1.165) is 0 Å². The molecular formula is C99H69N3S3. The van der Waals surface area contributed by atoms with Crippen LogP contribution in [0.5, 0.6) is 0 Å². The number of hydrogen-bond acceptors (Lipinski definition) is 3. The minimum absolute atomic E-state index is 0.0227. The predicted molar refractivity (Wildman–Crippen MR) is 454 cm³/mol. The van der Waals surface area contributed by atoms with Gasteiger partial charge in [-0.05, 0) is 152 Å². The van der Waals surface area contributed by atoms with E-state index >= 15 is 0 Å². The van der Waals surface area contributed by atoms with E-state index in [-0.39, 0.29) is 16.2 Å². The molecule has 6 aromatic heterocycles. The zero-order chi connectivity index (χ0) is 69.9. The average molecular weight is 1400 g/mol. The highest BCUT2D eigenvalue weighted by molar-refractivity contribution is 7.27. The maximum Gasteiger partial charge on any atom is 0.0634 e. The highest BCUT2D eigenvalue weighted by atomic mass is 32.1. The van der Waals surface area contributed by atoms with Crippen molar-refractivity contribution in [1.82, 2.24) is 13.7 Å². The third-order valence-electron chi connectivity index (χ3n) is 24.0. The minimum atomic E-state index is -0.0700. The topological polar surface area (TPSA) is 14.8 Å². The summed E-state index contributed by atoms with van der Waals surface area (Å²) < 4.78 is 15.7. The van der Waals surface area contributed by atoms with Gasteiger partial charge in [0.1, 0.15) is 0 Å². The first-order chi connectivity index (χ1) is 51.4. The first-order valence-corrected chi connectivity index (χ1v) is 39.1. The Hall–Kier alpha value is -11.6. The van der Waals surface area contributed by atoms with Gasteiger partial charge in [-0.15, -0.1) is 34.0 Å². The van der Waals surface area contributed by atoms with E-state index in [9.17, 15) is 0 Å². The summed E-state index contributed by atoms with van der Waals surface area (Å²) in [6, 6.07) is 115. The van der Waals surface area contributed by atoms with Gasteiger partial charge >= 0.3 is 0 Å². The van der Waals surface area contributed by atoms with Gasteiger partial charge in [-0.1, -0.05) is 266 Å². The Morgan fingerprint density at radius 2 is 0.638 bits per heavy atom. The fraction of sp³-hybridized carbons (Fsp3) is 0.0909. The SMILES string of the molecule is CC1(C)c2ccccc2-c2ccc(-n3c4ccccc4c4ccc5sc6ccccc6c5c43)cc21.CC1(C)c2ccccc2-c2cccc(-n3c4ccccc4c4c5c(ccc43)sc3ccccc35)c21.CC1(C)c2ccccc2-c2cccc(-n3c4ccccc4c4c5sc6ccccc6c5ccc43)c21. The lowest BCUT2D eigenvalue weighted by molar-refractivity contribution is 0.656. The molecule has 24 rings (SSSR count). The van der Waals surface area contributed by atoms with E-state index in [1.165, 1.54) is 210 Å². The molecule has 0 bridgehead atoms. The van der Waals surface area contributed by atoms with Crippen LogP contribution in [0.3, 0.4) is 0 Å². The summed E-state index contributed by atoms with van der Waals surface area (Å²) in [5, 5.41) is 16.1. The molecule has 6 heteroatoms. The van der Waals surface area contributed by atoms with Gasteiger partial charge in [0.15, 0.2) is 0 Å². The molecule has 105 heavy (non-hydrogen) atoms. The van der Waals surface area contributed by atoms with Crippen molar-refractivity contribution in [3.05, 3.63) is 343 Å². The van der Waals surface area contributed by atoms with Gasteiger partial charge in [-0.25, -0.2) is 0 Å². The second-order valence-electron chi connectivity index (χ2n) is 30.5. The molecule has 21 aromatic rings. The summed E-state index contributed by atoms with van der Waals surface area (Å²) >= 11 is 5.70. The van der Waals surface area contributed by atoms with Crippen LogP contribution in [0.2, 0.25) is 0 Å². The number of hydrogen-bond donors (Lipinski definition) is 0. The van der Waals surface area contributed by atoms with Crippen molar-refractivity contribution >= 4 is 160 Å². The van der Waals surface area contributed by atoms with Crippen LogP contribution in [0.15, 0.2) is 309 Å². The number of nitrogens with zero attached hydrogens (tertiary/aromatic N) is 3. The first-order valence-electron chi connectivity index (χ1n) is 36.6. The van der Waals surface area contributed by atoms with Gasteiger partial charge in [0, 0.05) is 115 Å². The van der Waals surface area contributed by atoms with E-state index in [1.807, 2.05) is 34.0 Å². The third kappa shape index (κ3) is 8.41. The van der Waals surface area contributed by atoms with Crippen molar-refractivity contribution < 1.29 is 0 Å². The Balaban J connectivity index is 0.0000000986. The molecule has 498 valence electrons. The molecule has 3 aliphatic carbocycles. The number of para-hydroxylation sites is 3. The average Bonchev–Trinajstić information content (AvgIpc) is 1.55. The number of thiophene rings is 3. The molecule has 0 saturated carbocycles. The second kappa shape index (κ2) is 22.2. The molecule has 0 amide bonds. The van der Waals surface area contributed by atoms with Gasteiger partial charge in [-0.2, -0.15) is 0 Å². The first kappa shape index (κ1) is 60.9. The van der Waals surface area contributed by atoms with Crippen molar-refractivity contribution in [3.63, 3.8) is 0 Å². The van der Waals surface area contributed by atoms with Crippen molar-refractivity contribution in [2.24, 2.45) is 0 Å². The highest BCUT2D eigenvalue weighted by Gasteiger charge is 2.41. The lowest BCUT2D eigenvalue weighted by Gasteiger charge is -2.25. The van der Waals surface area contributed by atoms with E-state index in [0.29, 0.717) is 0 Å². The molecule has 0 atom stereocenters. The molecule has 0 saturated heterocycles. The number of rotatable bonds is 3. The largest absolute Gasteiger partial charge is 0.309 e. The molecule has 0 aliphatic heterocycles. The molecule has 0 unspecified atom stereocenters. The summed E-state index contributed by atoms with van der Waals surface area (Å²) in [6.07, 6.45) is 0. The standard InChI is InChI=1S/3C33H23NS/c1-33(2)25-14-6-3-10-20(25)22-13-9-16-28(31(22)33)34-26-15-7-4-12-24(26)30-27(34)19-18-23-21-11-5-8-17-29(21)35-32(23)30;1-33(2)24-14-6-3-10-20(24)21-13-9-16-27(32(21)33)34-25-15-7-4-11-22(25)30-26(34)18-19-29-31(30)23-12-5-8-17-28(23)35-29;1-33(2)26-12-6-3-9-21(26)22-16-15-20(19-27(22)33)34-28-13-7-4-10-23(28)24-17-18-30-31(32(24)34)25-11-5-8-14-29(25)35-30/h3*3-19H,1-2H3. The van der Waals surface area contributed by atoms with E-state index in [1.54, 1.807) is 0 Å². The normalized spacial score (nSPS) is 14.2. The molecule has 15 aromatic carbocycles. The molecule has 3 aliphatic rings. The van der Waals surface area contributed by atoms with E-state index in [2.05, 4.69) is 365 Å². The highest BCUT2D eigenvalue weighted by Crippen LogP contribution is 2.56. The fourth-order valence-electron chi connectivity index (χ4n) is 19.4. The summed E-state index contributed by atoms with van der Waals surface area (Å²) in [4.78, 5) is 0. The molecule has 0 fully saturated rings. The van der Waals surface area contributed by atoms with Crippen molar-refractivity contribution in [1.29, 1.82) is 0 Å². The minimum Gasteiger partial charge on any atom is -0.309 e. The van der Waals surface area contributed by atoms with Gasteiger partial charge in [-0.3, -0.25) is 0 Å². The zero-order valence-corrected chi connectivity index (χ0v) is 61.5. The molecule has 0 spiro atoms. The van der Waals surface area contributed by atoms with Crippen LogP contribution in [0, 0.1) is 0 Å². The predicted octanol–water partition coefficient (Wildman–Crippen LogP) is 28.4. The van der Waals surface area contributed by atoms with Crippen LogP contribution in [0.4, 0.5) is 0 Å². The van der Waals surface area contributed by atoms with E-state index < -0.39 is 0 Å². The van der Waals surface area contributed by atoms with Crippen LogP contribution < -0.4 is 0 Å². The third-order valence-corrected chi connectivity index (χ3v) is 27.4. The van der Waals surface area contributed by atoms with Crippen LogP contribution >= 0.6 is 34.0 Å². The van der Waals surface area contributed by atoms with Gasteiger partial charge in [0.2, 0.25) is 0 Å². The maximum atomic E-state index is 2.52. The molecule has 3 nitrogen and oxygen atoms in total. The molecular weight excluding hydrogens is 1330 g/mol. The summed E-state index contributed by atoms with van der Waals surface area (Å²) in [5.74, 6) is 0. The summed E-state index contributed by atoms with van der Waals surface area (Å²) in [5.41, 5.74) is 28.0. The second-order valence-corrected chi connectivity index (χ2v) is 33.7. The van der Waals surface area contributed by atoms with Crippen LogP contribution in [0.25, 0.3) is 176 Å². The van der Waals surface area contributed by atoms with Crippen molar-refractivity contribution in [3.8, 4) is 50.4 Å². The Morgan fingerprint density at radius 1 is 0.229 bits per heavy atom. The number of benzene rings is 15. The molecule has 6 heterocycles. The maximum absolute atomic E-state index is 2.52. The van der Waals surface area contributed by atoms with Gasteiger partial charge < -0.3 is 13.7 Å². The fourth-order valence-corrected chi connectivity index (χ4v) is 22.9. The Kier molecular flexibility index (Phi) is 12.9. The van der Waals surface area contributed by atoms with Gasteiger partial charge in [0.25, 0.3) is 0 Å². The Bertz CT molecular complexity index is 7320. The van der Waals surface area contributed by atoms with Crippen LogP contribution in [0.1, 0.15) is 74.9 Å². The Labute approximate surface area is 620 Å². The van der Waals surface area contributed by atoms with E-state index in [4.69, 9.17) is 0 Å². The summed E-state index contributed by atoms with van der Waals surface area (Å²) in [6.45, 7) is 14.2. The smallest absolute Gasteiger partial charge is 0.0634 e. The van der Waals surface area contributed by atoms with Crippen LogP contribution in [-0.4, -0.2) is 13.7 Å². The lowest BCUT2D eigenvalue weighted by atomic mass is 9.81.